The van der Waals surface area contributed by atoms with Gasteiger partial charge in [-0.15, -0.1) is 0 Å². The van der Waals surface area contributed by atoms with Gasteiger partial charge in [0.15, 0.2) is 5.69 Å². The number of aromatic nitrogens is 2. The summed E-state index contributed by atoms with van der Waals surface area (Å²) in [6.07, 6.45) is 0.586. The van der Waals surface area contributed by atoms with Gasteiger partial charge in [0.05, 0.1) is 5.69 Å². The zero-order valence-electron chi connectivity index (χ0n) is 14.0. The first-order chi connectivity index (χ1) is 11.8. The second kappa shape index (κ2) is 7.61. The van der Waals surface area contributed by atoms with E-state index in [2.05, 4.69) is 10.4 Å². The van der Waals surface area contributed by atoms with E-state index in [9.17, 15) is 19.5 Å². The molecular weight excluding hydrogens is 324 g/mol. The predicted octanol–water partition coefficient (Wildman–Crippen LogP) is 1.20. The summed E-state index contributed by atoms with van der Waals surface area (Å²) in [7, 11) is 0. The molecule has 0 fully saturated rings. The van der Waals surface area contributed by atoms with E-state index in [0.717, 1.165) is 0 Å². The first kappa shape index (κ1) is 18.2. The van der Waals surface area contributed by atoms with Gasteiger partial charge in [0.1, 0.15) is 11.7 Å². The SMILES string of the molecule is CCC(C)C(NC(=O)c1cc(C(N)=O)n(-c2ccccc2)n1)C(=O)O. The summed E-state index contributed by atoms with van der Waals surface area (Å²) >= 11 is 0. The fourth-order valence-electron chi connectivity index (χ4n) is 2.33. The number of carboxylic acids is 1. The normalized spacial score (nSPS) is 13.0. The second-order valence-electron chi connectivity index (χ2n) is 5.70. The molecule has 25 heavy (non-hydrogen) atoms. The highest BCUT2D eigenvalue weighted by atomic mass is 16.4. The van der Waals surface area contributed by atoms with E-state index in [-0.39, 0.29) is 17.3 Å². The van der Waals surface area contributed by atoms with Crippen molar-refractivity contribution in [1.29, 1.82) is 0 Å². The molecule has 1 aromatic carbocycles. The van der Waals surface area contributed by atoms with Crippen molar-refractivity contribution in [2.24, 2.45) is 11.7 Å². The molecule has 2 unspecified atom stereocenters. The summed E-state index contributed by atoms with van der Waals surface area (Å²) in [4.78, 5) is 35.4. The Morgan fingerprint density at radius 3 is 2.44 bits per heavy atom. The zero-order chi connectivity index (χ0) is 18.6. The number of primary amides is 1. The van der Waals surface area contributed by atoms with Crippen molar-refractivity contribution in [3.05, 3.63) is 47.8 Å². The zero-order valence-corrected chi connectivity index (χ0v) is 14.0. The van der Waals surface area contributed by atoms with Gasteiger partial charge >= 0.3 is 5.97 Å². The summed E-state index contributed by atoms with van der Waals surface area (Å²) in [6.45, 7) is 3.57. The number of nitrogens with one attached hydrogen (secondary N) is 1. The Labute approximate surface area is 144 Å². The van der Waals surface area contributed by atoms with E-state index >= 15 is 0 Å². The van der Waals surface area contributed by atoms with Crippen LogP contribution in [0.2, 0.25) is 0 Å². The van der Waals surface area contributed by atoms with Crippen LogP contribution in [0.15, 0.2) is 36.4 Å². The van der Waals surface area contributed by atoms with E-state index in [1.54, 1.807) is 37.3 Å². The van der Waals surface area contributed by atoms with Crippen LogP contribution in [-0.2, 0) is 4.79 Å². The van der Waals surface area contributed by atoms with Crippen molar-refractivity contribution in [2.75, 3.05) is 0 Å². The molecule has 0 radical (unpaired) electrons. The maximum atomic E-state index is 12.4. The van der Waals surface area contributed by atoms with E-state index in [1.807, 2.05) is 6.92 Å². The number of rotatable bonds is 7. The molecule has 8 heteroatoms. The summed E-state index contributed by atoms with van der Waals surface area (Å²) < 4.78 is 1.26. The van der Waals surface area contributed by atoms with Crippen LogP contribution in [0, 0.1) is 5.92 Å². The molecule has 0 saturated carbocycles. The van der Waals surface area contributed by atoms with Crippen LogP contribution < -0.4 is 11.1 Å². The van der Waals surface area contributed by atoms with E-state index < -0.39 is 23.8 Å². The fraction of sp³-hybridized carbons (Fsp3) is 0.294. The van der Waals surface area contributed by atoms with Gasteiger partial charge in [-0.05, 0) is 18.1 Å². The molecule has 2 atom stereocenters. The molecule has 1 aromatic heterocycles. The molecule has 4 N–H and O–H groups in total. The number of hydrogen-bond donors (Lipinski definition) is 3. The Balaban J connectivity index is 2.35. The molecule has 0 saturated heterocycles. The van der Waals surface area contributed by atoms with Gasteiger partial charge in [-0.25, -0.2) is 9.48 Å². The van der Waals surface area contributed by atoms with Crippen molar-refractivity contribution >= 4 is 17.8 Å². The minimum atomic E-state index is -1.12. The lowest BCUT2D eigenvalue weighted by molar-refractivity contribution is -0.140. The fourth-order valence-corrected chi connectivity index (χ4v) is 2.33. The predicted molar refractivity (Wildman–Crippen MR) is 90.4 cm³/mol. The van der Waals surface area contributed by atoms with E-state index in [0.29, 0.717) is 12.1 Å². The van der Waals surface area contributed by atoms with Crippen LogP contribution in [0.25, 0.3) is 5.69 Å². The molecule has 132 valence electrons. The van der Waals surface area contributed by atoms with Crippen molar-refractivity contribution in [2.45, 2.75) is 26.3 Å². The Kier molecular flexibility index (Phi) is 5.53. The molecule has 0 spiro atoms. The third-order valence-corrected chi connectivity index (χ3v) is 3.96. The first-order valence-corrected chi connectivity index (χ1v) is 7.84. The van der Waals surface area contributed by atoms with Gasteiger partial charge in [0.2, 0.25) is 0 Å². The first-order valence-electron chi connectivity index (χ1n) is 7.84. The summed E-state index contributed by atoms with van der Waals surface area (Å²) in [5, 5.41) is 15.8. The molecular formula is C17H20N4O4. The number of aliphatic carboxylic acids is 1. The van der Waals surface area contributed by atoms with Gasteiger partial charge in [-0.3, -0.25) is 9.59 Å². The van der Waals surface area contributed by atoms with Crippen LogP contribution in [0.4, 0.5) is 0 Å². The van der Waals surface area contributed by atoms with Gasteiger partial charge in [0.25, 0.3) is 11.8 Å². The quantitative estimate of drug-likeness (QED) is 0.695. The molecule has 0 aliphatic carbocycles. The average molecular weight is 344 g/mol. The van der Waals surface area contributed by atoms with Crippen LogP contribution >= 0.6 is 0 Å². The minimum Gasteiger partial charge on any atom is -0.480 e. The lowest BCUT2D eigenvalue weighted by Gasteiger charge is -2.19. The molecule has 2 aromatic rings. The molecule has 8 nitrogen and oxygen atoms in total. The Hall–Kier alpha value is -3.16. The van der Waals surface area contributed by atoms with Crippen molar-refractivity contribution in [3.63, 3.8) is 0 Å². The average Bonchev–Trinajstić information content (AvgIpc) is 3.05. The highest BCUT2D eigenvalue weighted by Gasteiger charge is 2.27. The minimum absolute atomic E-state index is 0.0340. The van der Waals surface area contributed by atoms with Gasteiger partial charge in [-0.1, -0.05) is 38.5 Å². The standard InChI is InChI=1S/C17H20N4O4/c1-3-10(2)14(17(24)25)19-16(23)12-9-13(15(18)22)21(20-12)11-7-5-4-6-8-11/h4-10,14H,3H2,1-2H3,(H2,18,22)(H,19,23)(H,24,25). The summed E-state index contributed by atoms with van der Waals surface area (Å²) in [5.74, 6) is -2.80. The maximum absolute atomic E-state index is 12.4. The lowest BCUT2D eigenvalue weighted by Crippen LogP contribution is -2.45. The number of nitrogens with zero attached hydrogens (tertiary/aromatic N) is 2. The second-order valence-corrected chi connectivity index (χ2v) is 5.70. The van der Waals surface area contributed by atoms with Crippen LogP contribution in [0.1, 0.15) is 41.2 Å². The molecule has 1 heterocycles. The van der Waals surface area contributed by atoms with Gasteiger partial charge in [-0.2, -0.15) is 5.10 Å². The largest absolute Gasteiger partial charge is 0.480 e. The number of carbonyl (C=O) groups is 3. The highest BCUT2D eigenvalue weighted by Crippen LogP contribution is 2.14. The maximum Gasteiger partial charge on any atom is 0.326 e. The Morgan fingerprint density at radius 1 is 1.28 bits per heavy atom. The Morgan fingerprint density at radius 2 is 1.92 bits per heavy atom. The van der Waals surface area contributed by atoms with E-state index in [4.69, 9.17) is 5.73 Å². The number of amides is 2. The van der Waals surface area contributed by atoms with Gasteiger partial charge in [0, 0.05) is 6.07 Å². The van der Waals surface area contributed by atoms with Crippen molar-refractivity contribution in [3.8, 4) is 5.69 Å². The highest BCUT2D eigenvalue weighted by molar-refractivity contribution is 5.99. The van der Waals surface area contributed by atoms with Gasteiger partial charge < -0.3 is 16.2 Å². The molecule has 2 rings (SSSR count). The number of carbonyl (C=O) groups excluding carboxylic acids is 2. The van der Waals surface area contributed by atoms with Crippen molar-refractivity contribution in [1.82, 2.24) is 15.1 Å². The summed E-state index contributed by atoms with van der Waals surface area (Å²) in [5.41, 5.74) is 5.88. The van der Waals surface area contributed by atoms with Crippen molar-refractivity contribution < 1.29 is 19.5 Å². The van der Waals surface area contributed by atoms with Crippen LogP contribution in [-0.4, -0.2) is 38.7 Å². The monoisotopic (exact) mass is 344 g/mol. The topological polar surface area (TPSA) is 127 Å². The number of hydrogen-bond acceptors (Lipinski definition) is 4. The van der Waals surface area contributed by atoms with Crippen LogP contribution in [0.5, 0.6) is 0 Å². The van der Waals surface area contributed by atoms with E-state index in [1.165, 1.54) is 10.7 Å². The number of para-hydroxylation sites is 1. The molecule has 0 aliphatic rings. The third-order valence-electron chi connectivity index (χ3n) is 3.96. The molecule has 0 bridgehead atoms. The third kappa shape index (κ3) is 4.03. The Bertz CT molecular complexity index is 785. The summed E-state index contributed by atoms with van der Waals surface area (Å²) in [6, 6.07) is 8.93. The lowest BCUT2D eigenvalue weighted by atomic mass is 9.99. The number of carboxylic acid groups (broad SMARTS) is 1. The molecule has 2 amide bonds. The molecule has 0 aliphatic heterocycles. The van der Waals surface area contributed by atoms with Crippen LogP contribution in [0.3, 0.4) is 0 Å². The smallest absolute Gasteiger partial charge is 0.326 e. The number of nitrogens with two attached hydrogens (primary N) is 1. The number of benzene rings is 1.